The Hall–Kier alpha value is -1.84. The molecular formula is C14H18O4. The number of carbonyl (C=O) groups is 2. The molecule has 0 aliphatic carbocycles. The molecule has 0 radical (unpaired) electrons. The van der Waals surface area contributed by atoms with Gasteiger partial charge in [-0.25, -0.2) is 0 Å². The van der Waals surface area contributed by atoms with Gasteiger partial charge in [0.25, 0.3) is 0 Å². The first kappa shape index (κ1) is 14.2. The maximum Gasteiger partial charge on any atom is 0.303 e. The second-order valence-corrected chi connectivity index (χ2v) is 4.21. The van der Waals surface area contributed by atoms with Gasteiger partial charge in [-0.3, -0.25) is 9.59 Å². The van der Waals surface area contributed by atoms with Crippen LogP contribution in [0.15, 0.2) is 18.2 Å². The highest BCUT2D eigenvalue weighted by molar-refractivity contribution is 5.96. The number of methoxy groups -OCH3 is 1. The van der Waals surface area contributed by atoms with E-state index >= 15 is 0 Å². The third kappa shape index (κ3) is 4.20. The number of hydrogen-bond acceptors (Lipinski definition) is 3. The number of carboxylic acids is 1. The lowest BCUT2D eigenvalue weighted by atomic mass is 10.0. The van der Waals surface area contributed by atoms with Crippen molar-refractivity contribution in [2.45, 2.75) is 32.6 Å². The number of benzene rings is 1. The highest BCUT2D eigenvalue weighted by Gasteiger charge is 2.08. The van der Waals surface area contributed by atoms with Gasteiger partial charge in [-0.05, 0) is 43.5 Å². The molecule has 0 fully saturated rings. The van der Waals surface area contributed by atoms with E-state index in [4.69, 9.17) is 9.84 Å². The Labute approximate surface area is 107 Å². The van der Waals surface area contributed by atoms with E-state index in [0.717, 1.165) is 11.3 Å². The van der Waals surface area contributed by atoms with Gasteiger partial charge in [0.15, 0.2) is 5.78 Å². The Kier molecular flexibility index (Phi) is 5.36. The molecule has 1 N–H and O–H groups in total. The molecule has 0 bridgehead atoms. The highest BCUT2D eigenvalue weighted by atomic mass is 16.5. The molecular weight excluding hydrogens is 232 g/mol. The summed E-state index contributed by atoms with van der Waals surface area (Å²) >= 11 is 0. The average molecular weight is 250 g/mol. The average Bonchev–Trinajstić information content (AvgIpc) is 2.34. The van der Waals surface area contributed by atoms with Crippen molar-refractivity contribution < 1.29 is 19.4 Å². The van der Waals surface area contributed by atoms with Crippen molar-refractivity contribution in [2.24, 2.45) is 0 Å². The minimum Gasteiger partial charge on any atom is -0.496 e. The quantitative estimate of drug-likeness (QED) is 0.597. The Morgan fingerprint density at radius 1 is 1.22 bits per heavy atom. The summed E-state index contributed by atoms with van der Waals surface area (Å²) in [6.07, 6.45) is 1.65. The Balaban J connectivity index is 2.51. The molecule has 0 spiro atoms. The van der Waals surface area contributed by atoms with Crippen LogP contribution >= 0.6 is 0 Å². The standard InChI is InChI=1S/C14H18O4/c1-10-9-11(7-8-13(10)18-2)12(15)5-3-4-6-14(16)17/h7-9H,3-6H2,1-2H3,(H,16,17). The van der Waals surface area contributed by atoms with Crippen LogP contribution in [0.5, 0.6) is 5.75 Å². The largest absolute Gasteiger partial charge is 0.496 e. The third-order valence-electron chi connectivity index (χ3n) is 2.76. The molecule has 1 rings (SSSR count). The number of carboxylic acid groups (broad SMARTS) is 1. The first-order chi connectivity index (χ1) is 8.54. The zero-order valence-electron chi connectivity index (χ0n) is 10.7. The number of aryl methyl sites for hydroxylation is 1. The first-order valence-electron chi connectivity index (χ1n) is 5.94. The van der Waals surface area contributed by atoms with Gasteiger partial charge in [0, 0.05) is 18.4 Å². The fraction of sp³-hybridized carbons (Fsp3) is 0.429. The lowest BCUT2D eigenvalue weighted by Crippen LogP contribution is -2.01. The van der Waals surface area contributed by atoms with Gasteiger partial charge < -0.3 is 9.84 Å². The van der Waals surface area contributed by atoms with Crippen LogP contribution in [0.25, 0.3) is 0 Å². The summed E-state index contributed by atoms with van der Waals surface area (Å²) in [5.41, 5.74) is 1.58. The molecule has 0 unspecified atom stereocenters. The summed E-state index contributed by atoms with van der Waals surface area (Å²) in [4.78, 5) is 22.2. The van der Waals surface area contributed by atoms with E-state index in [2.05, 4.69) is 0 Å². The number of ketones is 1. The van der Waals surface area contributed by atoms with Gasteiger partial charge in [0.05, 0.1) is 7.11 Å². The summed E-state index contributed by atoms with van der Waals surface area (Å²) in [6, 6.07) is 5.32. The van der Waals surface area contributed by atoms with Crippen molar-refractivity contribution in [1.82, 2.24) is 0 Å². The molecule has 0 aliphatic rings. The fourth-order valence-electron chi connectivity index (χ4n) is 1.76. The second kappa shape index (κ2) is 6.79. The van der Waals surface area contributed by atoms with Gasteiger partial charge in [0.1, 0.15) is 5.75 Å². The van der Waals surface area contributed by atoms with E-state index in [1.807, 2.05) is 6.92 Å². The van der Waals surface area contributed by atoms with Crippen molar-refractivity contribution in [3.05, 3.63) is 29.3 Å². The number of hydrogen-bond donors (Lipinski definition) is 1. The Morgan fingerprint density at radius 2 is 1.89 bits per heavy atom. The third-order valence-corrected chi connectivity index (χ3v) is 2.76. The van der Waals surface area contributed by atoms with Crippen molar-refractivity contribution in [3.63, 3.8) is 0 Å². The predicted octanol–water partition coefficient (Wildman–Crippen LogP) is 2.83. The molecule has 1 aromatic rings. The lowest BCUT2D eigenvalue weighted by molar-refractivity contribution is -0.137. The SMILES string of the molecule is COc1ccc(C(=O)CCCCC(=O)O)cc1C. The molecule has 0 atom stereocenters. The Bertz CT molecular complexity index is 437. The van der Waals surface area contributed by atoms with Crippen LogP contribution in [0, 0.1) is 6.92 Å². The topological polar surface area (TPSA) is 63.6 Å². The van der Waals surface area contributed by atoms with E-state index < -0.39 is 5.97 Å². The molecule has 1 aromatic carbocycles. The molecule has 0 saturated carbocycles. The second-order valence-electron chi connectivity index (χ2n) is 4.21. The summed E-state index contributed by atoms with van der Waals surface area (Å²) in [7, 11) is 1.59. The van der Waals surface area contributed by atoms with Crippen LogP contribution in [0.1, 0.15) is 41.6 Å². The van der Waals surface area contributed by atoms with Crippen molar-refractivity contribution >= 4 is 11.8 Å². The summed E-state index contributed by atoms with van der Waals surface area (Å²) in [5.74, 6) is -0.00805. The number of ether oxygens (including phenoxy) is 1. The number of carbonyl (C=O) groups excluding carboxylic acids is 1. The minimum absolute atomic E-state index is 0.0474. The van der Waals surface area contributed by atoms with Crippen molar-refractivity contribution in [1.29, 1.82) is 0 Å². The van der Waals surface area contributed by atoms with Crippen LogP contribution < -0.4 is 4.74 Å². The zero-order valence-corrected chi connectivity index (χ0v) is 10.7. The normalized spacial score (nSPS) is 10.1. The summed E-state index contributed by atoms with van der Waals surface area (Å²) in [6.45, 7) is 1.89. The Morgan fingerprint density at radius 3 is 2.44 bits per heavy atom. The van der Waals surface area contributed by atoms with Crippen molar-refractivity contribution in [2.75, 3.05) is 7.11 Å². The van der Waals surface area contributed by atoms with Gasteiger partial charge in [-0.2, -0.15) is 0 Å². The van der Waals surface area contributed by atoms with Gasteiger partial charge in [-0.1, -0.05) is 0 Å². The number of Topliss-reactive ketones (excluding diaryl/α,β-unsaturated/α-hetero) is 1. The molecule has 0 saturated heterocycles. The van der Waals surface area contributed by atoms with Crippen LogP contribution in [0.4, 0.5) is 0 Å². The number of rotatable bonds is 7. The van der Waals surface area contributed by atoms with Crippen LogP contribution in [-0.4, -0.2) is 24.0 Å². The number of unbranched alkanes of at least 4 members (excludes halogenated alkanes) is 1. The smallest absolute Gasteiger partial charge is 0.303 e. The monoisotopic (exact) mass is 250 g/mol. The van der Waals surface area contributed by atoms with Gasteiger partial charge in [0.2, 0.25) is 0 Å². The summed E-state index contributed by atoms with van der Waals surface area (Å²) < 4.78 is 5.13. The molecule has 0 amide bonds. The van der Waals surface area contributed by atoms with E-state index in [0.29, 0.717) is 24.8 Å². The van der Waals surface area contributed by atoms with Crippen LogP contribution in [-0.2, 0) is 4.79 Å². The fourth-order valence-corrected chi connectivity index (χ4v) is 1.76. The van der Waals surface area contributed by atoms with Crippen LogP contribution in [0.3, 0.4) is 0 Å². The maximum atomic E-state index is 11.9. The van der Waals surface area contributed by atoms with E-state index in [1.165, 1.54) is 0 Å². The molecule has 0 aliphatic heterocycles. The van der Waals surface area contributed by atoms with Crippen molar-refractivity contribution in [3.8, 4) is 5.75 Å². The zero-order chi connectivity index (χ0) is 13.5. The molecule has 98 valence electrons. The lowest BCUT2D eigenvalue weighted by Gasteiger charge is -2.06. The van der Waals surface area contributed by atoms with E-state index in [-0.39, 0.29) is 12.2 Å². The first-order valence-corrected chi connectivity index (χ1v) is 5.94. The van der Waals surface area contributed by atoms with Crippen LogP contribution in [0.2, 0.25) is 0 Å². The summed E-state index contributed by atoms with van der Waals surface area (Å²) in [5, 5.41) is 8.49. The van der Waals surface area contributed by atoms with E-state index in [1.54, 1.807) is 25.3 Å². The maximum absolute atomic E-state index is 11.9. The minimum atomic E-state index is -0.817. The predicted molar refractivity (Wildman–Crippen MR) is 68.2 cm³/mol. The molecule has 4 heteroatoms. The number of aliphatic carboxylic acids is 1. The van der Waals surface area contributed by atoms with Gasteiger partial charge >= 0.3 is 5.97 Å². The van der Waals surface area contributed by atoms with E-state index in [9.17, 15) is 9.59 Å². The molecule has 4 nitrogen and oxygen atoms in total. The molecule has 0 heterocycles. The molecule has 0 aromatic heterocycles. The highest BCUT2D eigenvalue weighted by Crippen LogP contribution is 2.19. The van der Waals surface area contributed by atoms with Gasteiger partial charge in [-0.15, -0.1) is 0 Å². The molecule has 18 heavy (non-hydrogen) atoms.